The molecule has 0 amide bonds. The molecule has 1 rings (SSSR count). The Kier molecular flexibility index (Phi) is 5.75. The average Bonchev–Trinajstić information content (AvgIpc) is 2.34. The van der Waals surface area contributed by atoms with E-state index >= 15 is 0 Å². The van der Waals surface area contributed by atoms with Crippen molar-refractivity contribution in [2.24, 2.45) is 5.41 Å². The predicted molar refractivity (Wildman–Crippen MR) is 90.9 cm³/mol. The monoisotopic (exact) mass is 289 g/mol. The van der Waals surface area contributed by atoms with Crippen LogP contribution in [0.15, 0.2) is 24.3 Å². The summed E-state index contributed by atoms with van der Waals surface area (Å²) in [4.78, 5) is 12.5. The number of hydrogen-bond acceptors (Lipinski definition) is 2. The van der Waals surface area contributed by atoms with Crippen LogP contribution in [0.1, 0.15) is 70.8 Å². The molecule has 0 saturated carbocycles. The standard InChI is InChI=1S/C19H31NO/c1-8-15-9-11-16(12-10-15)17(21)14(2)20-19(6,7)13-18(3,4)5/h9-12,14,20H,8,13H2,1-7H3. The highest BCUT2D eigenvalue weighted by Crippen LogP contribution is 2.27. The van der Waals surface area contributed by atoms with Crippen LogP contribution in [0.3, 0.4) is 0 Å². The van der Waals surface area contributed by atoms with Crippen molar-refractivity contribution in [3.8, 4) is 0 Å². The summed E-state index contributed by atoms with van der Waals surface area (Å²) in [5.41, 5.74) is 2.23. The number of nitrogens with one attached hydrogen (secondary N) is 1. The van der Waals surface area contributed by atoms with Gasteiger partial charge >= 0.3 is 0 Å². The third-order valence-electron chi connectivity index (χ3n) is 3.62. The van der Waals surface area contributed by atoms with Gasteiger partial charge in [0.25, 0.3) is 0 Å². The summed E-state index contributed by atoms with van der Waals surface area (Å²) < 4.78 is 0. The van der Waals surface area contributed by atoms with Gasteiger partial charge in [-0.25, -0.2) is 0 Å². The zero-order valence-corrected chi connectivity index (χ0v) is 14.7. The maximum atomic E-state index is 12.5. The minimum absolute atomic E-state index is 0.0588. The van der Waals surface area contributed by atoms with Gasteiger partial charge in [-0.3, -0.25) is 4.79 Å². The fraction of sp³-hybridized carbons (Fsp3) is 0.632. The molecule has 0 aliphatic carbocycles. The maximum Gasteiger partial charge on any atom is 0.179 e. The van der Waals surface area contributed by atoms with Crippen LogP contribution in [0.5, 0.6) is 0 Å². The van der Waals surface area contributed by atoms with E-state index in [1.807, 2.05) is 31.2 Å². The zero-order chi connectivity index (χ0) is 16.3. The van der Waals surface area contributed by atoms with E-state index in [1.54, 1.807) is 0 Å². The van der Waals surface area contributed by atoms with Crippen molar-refractivity contribution in [2.45, 2.75) is 72.9 Å². The van der Waals surface area contributed by atoms with E-state index in [0.29, 0.717) is 0 Å². The van der Waals surface area contributed by atoms with Gasteiger partial charge in [-0.05, 0) is 44.6 Å². The smallest absolute Gasteiger partial charge is 0.179 e. The molecule has 1 aromatic carbocycles. The van der Waals surface area contributed by atoms with Gasteiger partial charge in [0, 0.05) is 11.1 Å². The number of ketones is 1. The van der Waals surface area contributed by atoms with E-state index in [1.165, 1.54) is 5.56 Å². The summed E-state index contributed by atoms with van der Waals surface area (Å²) in [7, 11) is 0. The quantitative estimate of drug-likeness (QED) is 0.774. The largest absolute Gasteiger partial charge is 0.302 e. The van der Waals surface area contributed by atoms with E-state index in [9.17, 15) is 4.79 Å². The molecule has 0 aliphatic rings. The Hall–Kier alpha value is -1.15. The Labute approximate surface area is 130 Å². The maximum absolute atomic E-state index is 12.5. The molecule has 118 valence electrons. The van der Waals surface area contributed by atoms with Crippen LogP contribution in [0.2, 0.25) is 0 Å². The lowest BCUT2D eigenvalue weighted by molar-refractivity contribution is 0.0921. The molecule has 0 radical (unpaired) electrons. The second-order valence-electron chi connectivity index (χ2n) is 7.90. The second kappa shape index (κ2) is 6.74. The Morgan fingerprint density at radius 3 is 2.05 bits per heavy atom. The molecule has 1 unspecified atom stereocenters. The molecule has 0 heterocycles. The molecule has 0 aliphatic heterocycles. The van der Waals surface area contributed by atoms with Gasteiger partial charge < -0.3 is 5.32 Å². The molecule has 0 aromatic heterocycles. The molecule has 1 N–H and O–H groups in total. The van der Waals surface area contributed by atoms with Crippen LogP contribution >= 0.6 is 0 Å². The molecule has 0 fully saturated rings. The molecule has 2 heteroatoms. The number of carbonyl (C=O) groups excluding carboxylic acids is 1. The molecular weight excluding hydrogens is 258 g/mol. The lowest BCUT2D eigenvalue weighted by Gasteiger charge is -2.35. The average molecular weight is 289 g/mol. The van der Waals surface area contributed by atoms with E-state index in [4.69, 9.17) is 0 Å². The normalized spacial score (nSPS) is 14.0. The van der Waals surface area contributed by atoms with Gasteiger partial charge in [0.2, 0.25) is 0 Å². The molecular formula is C19H31NO. The molecule has 21 heavy (non-hydrogen) atoms. The fourth-order valence-corrected chi connectivity index (χ4v) is 3.18. The molecule has 2 nitrogen and oxygen atoms in total. The van der Waals surface area contributed by atoms with E-state index in [0.717, 1.165) is 18.4 Å². The lowest BCUT2D eigenvalue weighted by atomic mass is 9.81. The van der Waals surface area contributed by atoms with Crippen molar-refractivity contribution >= 4 is 5.78 Å². The minimum atomic E-state index is -0.171. The SMILES string of the molecule is CCc1ccc(C(=O)C(C)NC(C)(C)CC(C)(C)C)cc1. The summed E-state index contributed by atoms with van der Waals surface area (Å²) >= 11 is 0. The van der Waals surface area contributed by atoms with Crippen LogP contribution in [-0.4, -0.2) is 17.4 Å². The summed E-state index contributed by atoms with van der Waals surface area (Å²) in [6.45, 7) is 15.1. The summed E-state index contributed by atoms with van der Waals surface area (Å²) in [6.07, 6.45) is 2.02. The second-order valence-corrected chi connectivity index (χ2v) is 7.90. The zero-order valence-electron chi connectivity index (χ0n) is 14.7. The van der Waals surface area contributed by atoms with Crippen LogP contribution < -0.4 is 5.32 Å². The van der Waals surface area contributed by atoms with Crippen LogP contribution in [0.4, 0.5) is 0 Å². The van der Waals surface area contributed by atoms with Crippen molar-refractivity contribution < 1.29 is 4.79 Å². The molecule has 0 spiro atoms. The van der Waals surface area contributed by atoms with Crippen molar-refractivity contribution in [1.29, 1.82) is 0 Å². The third-order valence-corrected chi connectivity index (χ3v) is 3.62. The number of hydrogen-bond donors (Lipinski definition) is 1. The number of carbonyl (C=O) groups is 1. The highest BCUT2D eigenvalue weighted by Gasteiger charge is 2.28. The first-order valence-electron chi connectivity index (χ1n) is 7.95. The predicted octanol–water partition coefficient (Wildman–Crippen LogP) is 4.62. The summed E-state index contributed by atoms with van der Waals surface area (Å²) in [6, 6.07) is 7.79. The van der Waals surface area contributed by atoms with Gasteiger partial charge in [0.05, 0.1) is 6.04 Å². The van der Waals surface area contributed by atoms with E-state index in [-0.39, 0.29) is 22.8 Å². The Morgan fingerprint density at radius 1 is 1.10 bits per heavy atom. The Morgan fingerprint density at radius 2 is 1.62 bits per heavy atom. The van der Waals surface area contributed by atoms with Crippen LogP contribution in [0.25, 0.3) is 0 Å². The van der Waals surface area contributed by atoms with Gasteiger partial charge in [-0.2, -0.15) is 0 Å². The fourth-order valence-electron chi connectivity index (χ4n) is 3.18. The van der Waals surface area contributed by atoms with Crippen molar-refractivity contribution in [1.82, 2.24) is 5.32 Å². The van der Waals surface area contributed by atoms with Crippen molar-refractivity contribution in [3.05, 3.63) is 35.4 Å². The Bertz CT molecular complexity index is 465. The van der Waals surface area contributed by atoms with Crippen LogP contribution in [0, 0.1) is 5.41 Å². The third kappa shape index (κ3) is 6.01. The van der Waals surface area contributed by atoms with Crippen molar-refractivity contribution in [3.63, 3.8) is 0 Å². The highest BCUT2D eigenvalue weighted by molar-refractivity contribution is 5.99. The van der Waals surface area contributed by atoms with Crippen LogP contribution in [-0.2, 0) is 6.42 Å². The first-order chi connectivity index (χ1) is 9.54. The molecule has 0 saturated heterocycles. The van der Waals surface area contributed by atoms with Gasteiger partial charge in [0.1, 0.15) is 0 Å². The number of aryl methyl sites for hydroxylation is 1. The number of rotatable bonds is 6. The van der Waals surface area contributed by atoms with Gasteiger partial charge in [-0.15, -0.1) is 0 Å². The summed E-state index contributed by atoms with van der Waals surface area (Å²) in [5, 5.41) is 3.49. The lowest BCUT2D eigenvalue weighted by Crippen LogP contribution is -2.49. The molecule has 1 aromatic rings. The number of benzene rings is 1. The Balaban J connectivity index is 2.73. The highest BCUT2D eigenvalue weighted by atomic mass is 16.1. The number of Topliss-reactive ketones (excluding diaryl/α,β-unsaturated/α-hetero) is 1. The molecule has 1 atom stereocenters. The first kappa shape index (κ1) is 17.9. The van der Waals surface area contributed by atoms with Crippen molar-refractivity contribution in [2.75, 3.05) is 0 Å². The van der Waals surface area contributed by atoms with E-state index in [2.05, 4.69) is 46.9 Å². The first-order valence-corrected chi connectivity index (χ1v) is 7.95. The van der Waals surface area contributed by atoms with Gasteiger partial charge in [-0.1, -0.05) is 52.0 Å². The topological polar surface area (TPSA) is 29.1 Å². The van der Waals surface area contributed by atoms with Gasteiger partial charge in [0.15, 0.2) is 5.78 Å². The minimum Gasteiger partial charge on any atom is -0.302 e. The van der Waals surface area contributed by atoms with E-state index < -0.39 is 0 Å². The summed E-state index contributed by atoms with van der Waals surface area (Å²) in [5.74, 6) is 0.166. The molecule has 0 bridgehead atoms.